The number of ether oxygens (including phenoxy) is 1. The lowest BCUT2D eigenvalue weighted by atomic mass is 9.96. The summed E-state index contributed by atoms with van der Waals surface area (Å²) in [5.74, 6) is -0.639. The summed E-state index contributed by atoms with van der Waals surface area (Å²) in [6, 6.07) is 30.9. The predicted molar refractivity (Wildman–Crippen MR) is 177 cm³/mol. The van der Waals surface area contributed by atoms with Gasteiger partial charge in [-0.2, -0.15) is 0 Å². The zero-order valence-electron chi connectivity index (χ0n) is 24.7. The summed E-state index contributed by atoms with van der Waals surface area (Å²) in [5.41, 5.74) is 5.85. The van der Waals surface area contributed by atoms with E-state index in [4.69, 9.17) is 17.0 Å². The van der Waals surface area contributed by atoms with Crippen LogP contribution in [0.4, 0.5) is 11.4 Å². The van der Waals surface area contributed by atoms with E-state index in [1.807, 2.05) is 96.1 Å². The number of thiocarbonyl (C=S) groups is 1. The van der Waals surface area contributed by atoms with Crippen molar-refractivity contribution in [1.29, 1.82) is 0 Å². The summed E-state index contributed by atoms with van der Waals surface area (Å²) in [4.78, 5) is 31.3. The number of benzene rings is 3. The van der Waals surface area contributed by atoms with Gasteiger partial charge in [0, 0.05) is 29.0 Å². The van der Waals surface area contributed by atoms with Crippen LogP contribution >= 0.6 is 12.2 Å². The monoisotopic (exact) mass is 617 g/mol. The maximum Gasteiger partial charge on any atom is 0.337 e. The fourth-order valence-corrected chi connectivity index (χ4v) is 6.17. The number of nitrogens with zero attached hydrogens (tertiary/aromatic N) is 3. The van der Waals surface area contributed by atoms with Crippen LogP contribution in [0.5, 0.6) is 5.75 Å². The van der Waals surface area contributed by atoms with E-state index < -0.39 is 5.97 Å². The number of aromatic carboxylic acids is 1. The summed E-state index contributed by atoms with van der Waals surface area (Å²) in [6.07, 6.45) is 1.76. The van der Waals surface area contributed by atoms with Crippen LogP contribution in [-0.4, -0.2) is 38.3 Å². The Morgan fingerprint density at radius 2 is 1.67 bits per heavy atom. The van der Waals surface area contributed by atoms with E-state index in [0.29, 0.717) is 22.2 Å². The summed E-state index contributed by atoms with van der Waals surface area (Å²) < 4.78 is 7.54. The van der Waals surface area contributed by atoms with Crippen molar-refractivity contribution in [3.8, 4) is 11.4 Å². The Kier molecular flexibility index (Phi) is 8.30. The fourth-order valence-electron chi connectivity index (χ4n) is 5.82. The standard InChI is InChI=1S/C35H31N5O4S/c1-22-20-28(23(2)39(22)30-14-7-6-12-27(30)34(42)43)33-32(29-13-8-9-19-36-29)38-35(45)40(33)25-17-15-24(16-18-25)37-31(41)21-44-26-10-4-3-5-11-26/h3-20,32-33H,21H2,1-2H3,(H,37,41)(H,38,45)(H,42,43). The number of anilines is 2. The molecule has 2 unspecified atom stereocenters. The number of hydrogen-bond acceptors (Lipinski definition) is 5. The number of rotatable bonds is 9. The molecule has 9 nitrogen and oxygen atoms in total. The van der Waals surface area contributed by atoms with Gasteiger partial charge in [-0.1, -0.05) is 36.4 Å². The zero-order valence-corrected chi connectivity index (χ0v) is 25.5. The zero-order chi connectivity index (χ0) is 31.5. The smallest absolute Gasteiger partial charge is 0.337 e. The molecule has 0 aliphatic carbocycles. The Hall–Kier alpha value is -5.48. The number of aryl methyl sites for hydroxylation is 1. The molecule has 226 valence electrons. The summed E-state index contributed by atoms with van der Waals surface area (Å²) in [7, 11) is 0. The average Bonchev–Trinajstić information content (AvgIpc) is 3.55. The molecule has 0 saturated carbocycles. The normalized spacial score (nSPS) is 15.9. The van der Waals surface area contributed by atoms with E-state index in [9.17, 15) is 14.7 Å². The number of carbonyl (C=O) groups is 2. The maximum absolute atomic E-state index is 12.5. The number of aromatic nitrogens is 2. The molecule has 1 aliphatic heterocycles. The highest BCUT2D eigenvalue weighted by molar-refractivity contribution is 7.80. The molecule has 45 heavy (non-hydrogen) atoms. The second kappa shape index (κ2) is 12.6. The molecule has 5 aromatic rings. The maximum atomic E-state index is 12.5. The molecule has 1 amide bonds. The number of para-hydroxylation sites is 2. The van der Waals surface area contributed by atoms with E-state index in [0.717, 1.165) is 28.3 Å². The van der Waals surface area contributed by atoms with Crippen LogP contribution in [-0.2, 0) is 4.79 Å². The number of carboxylic acids is 1. The molecule has 3 N–H and O–H groups in total. The quantitative estimate of drug-likeness (QED) is 0.164. The fraction of sp³-hybridized carbons (Fsp3) is 0.143. The first-order valence-electron chi connectivity index (χ1n) is 14.4. The van der Waals surface area contributed by atoms with Gasteiger partial charge < -0.3 is 29.9 Å². The van der Waals surface area contributed by atoms with Crippen LogP contribution in [0, 0.1) is 13.8 Å². The van der Waals surface area contributed by atoms with Crippen molar-refractivity contribution in [3.63, 3.8) is 0 Å². The van der Waals surface area contributed by atoms with Crippen LogP contribution in [0.1, 0.15) is 45.1 Å². The average molecular weight is 618 g/mol. The van der Waals surface area contributed by atoms with Gasteiger partial charge in [-0.05, 0) is 98.4 Å². The first-order valence-corrected chi connectivity index (χ1v) is 14.8. The Morgan fingerprint density at radius 3 is 2.38 bits per heavy atom. The van der Waals surface area contributed by atoms with Crippen LogP contribution in [0.25, 0.3) is 5.69 Å². The lowest BCUT2D eigenvalue weighted by molar-refractivity contribution is -0.118. The first-order chi connectivity index (χ1) is 21.8. The van der Waals surface area contributed by atoms with Gasteiger partial charge in [0.05, 0.1) is 29.0 Å². The minimum atomic E-state index is -0.991. The summed E-state index contributed by atoms with van der Waals surface area (Å²) >= 11 is 5.91. The molecule has 3 aromatic carbocycles. The second-order valence-electron chi connectivity index (χ2n) is 10.7. The lowest BCUT2D eigenvalue weighted by Crippen LogP contribution is -2.29. The van der Waals surface area contributed by atoms with Gasteiger partial charge in [0.1, 0.15) is 5.75 Å². The van der Waals surface area contributed by atoms with E-state index >= 15 is 0 Å². The number of nitrogens with one attached hydrogen (secondary N) is 2. The topological polar surface area (TPSA) is 109 Å². The van der Waals surface area contributed by atoms with Crippen LogP contribution in [0.3, 0.4) is 0 Å². The van der Waals surface area contributed by atoms with Crippen molar-refractivity contribution < 1.29 is 19.4 Å². The number of hydrogen-bond donors (Lipinski definition) is 3. The Bertz CT molecular complexity index is 1860. The molecule has 3 heterocycles. The molecule has 0 radical (unpaired) electrons. The third kappa shape index (κ3) is 6.00. The van der Waals surface area contributed by atoms with Crippen LogP contribution in [0.15, 0.2) is 109 Å². The minimum absolute atomic E-state index is 0.111. The lowest BCUT2D eigenvalue weighted by Gasteiger charge is -2.28. The van der Waals surface area contributed by atoms with Gasteiger partial charge >= 0.3 is 5.97 Å². The molecule has 0 bridgehead atoms. The molecular weight excluding hydrogens is 586 g/mol. The number of amides is 1. The Balaban J connectivity index is 1.33. The van der Waals surface area contributed by atoms with Gasteiger partial charge in [-0.3, -0.25) is 9.78 Å². The highest BCUT2D eigenvalue weighted by Gasteiger charge is 2.42. The van der Waals surface area contributed by atoms with Gasteiger partial charge in [0.2, 0.25) is 0 Å². The van der Waals surface area contributed by atoms with Gasteiger partial charge in [-0.15, -0.1) is 0 Å². The van der Waals surface area contributed by atoms with Crippen LogP contribution < -0.4 is 20.3 Å². The third-order valence-electron chi connectivity index (χ3n) is 7.80. The van der Waals surface area contributed by atoms with Crippen molar-refractivity contribution in [2.24, 2.45) is 0 Å². The number of carbonyl (C=O) groups excluding carboxylic acids is 1. The largest absolute Gasteiger partial charge is 0.484 e. The van der Waals surface area contributed by atoms with Crippen molar-refractivity contribution in [3.05, 3.63) is 138 Å². The van der Waals surface area contributed by atoms with Crippen molar-refractivity contribution in [2.45, 2.75) is 25.9 Å². The minimum Gasteiger partial charge on any atom is -0.484 e. The molecule has 2 aromatic heterocycles. The number of pyridine rings is 1. The predicted octanol–water partition coefficient (Wildman–Crippen LogP) is 6.38. The molecule has 1 saturated heterocycles. The van der Waals surface area contributed by atoms with Crippen molar-refractivity contribution in [2.75, 3.05) is 16.8 Å². The Morgan fingerprint density at radius 1 is 0.956 bits per heavy atom. The SMILES string of the molecule is Cc1cc(C2C(c3ccccn3)NC(=S)N2c2ccc(NC(=O)COc3ccccc3)cc2)c(C)n1-c1ccccc1C(=O)O. The first kappa shape index (κ1) is 29.6. The van der Waals surface area contributed by atoms with Gasteiger partial charge in [0.25, 0.3) is 5.91 Å². The van der Waals surface area contributed by atoms with E-state index in [1.165, 1.54) is 0 Å². The molecule has 6 rings (SSSR count). The van der Waals surface area contributed by atoms with Gasteiger partial charge in [-0.25, -0.2) is 4.79 Å². The van der Waals surface area contributed by atoms with E-state index in [1.54, 1.807) is 30.5 Å². The molecule has 0 spiro atoms. The molecule has 1 aliphatic rings. The van der Waals surface area contributed by atoms with Gasteiger partial charge in [0.15, 0.2) is 11.7 Å². The highest BCUT2D eigenvalue weighted by Crippen LogP contribution is 2.44. The number of carboxylic acid groups (broad SMARTS) is 1. The second-order valence-corrected chi connectivity index (χ2v) is 11.1. The molecule has 1 fully saturated rings. The van der Waals surface area contributed by atoms with E-state index in [-0.39, 0.29) is 30.2 Å². The molecular formula is C35H31N5O4S. The van der Waals surface area contributed by atoms with Crippen molar-refractivity contribution >= 4 is 40.6 Å². The highest BCUT2D eigenvalue weighted by atomic mass is 32.1. The van der Waals surface area contributed by atoms with E-state index in [2.05, 4.69) is 21.7 Å². The Labute approximate surface area is 266 Å². The van der Waals surface area contributed by atoms with Crippen LogP contribution in [0.2, 0.25) is 0 Å². The third-order valence-corrected chi connectivity index (χ3v) is 8.12. The van der Waals surface area contributed by atoms with Crippen molar-refractivity contribution in [1.82, 2.24) is 14.9 Å². The molecule has 10 heteroatoms. The summed E-state index contributed by atoms with van der Waals surface area (Å²) in [6.45, 7) is 3.85. The molecule has 2 atom stereocenters. The summed E-state index contributed by atoms with van der Waals surface area (Å²) in [5, 5.41) is 16.8.